The van der Waals surface area contributed by atoms with Gasteiger partial charge in [-0.1, -0.05) is 46.4 Å². The molecule has 0 aromatic heterocycles. The minimum atomic E-state index is 0.330. The Morgan fingerprint density at radius 1 is 1.41 bits per heavy atom. The van der Waals surface area contributed by atoms with Gasteiger partial charge in [0.2, 0.25) is 0 Å². The van der Waals surface area contributed by atoms with Gasteiger partial charge in [0.05, 0.1) is 0 Å². The summed E-state index contributed by atoms with van der Waals surface area (Å²) in [7, 11) is 0. The van der Waals surface area contributed by atoms with Crippen molar-refractivity contribution in [1.29, 1.82) is 0 Å². The molecule has 1 atom stereocenters. The van der Waals surface area contributed by atoms with Crippen LogP contribution < -0.4 is 5.32 Å². The fourth-order valence-electron chi connectivity index (χ4n) is 2.52. The van der Waals surface area contributed by atoms with Crippen LogP contribution in [-0.2, 0) is 0 Å². The van der Waals surface area contributed by atoms with Crippen LogP contribution in [-0.4, -0.2) is 6.54 Å². The molecule has 0 radical (unpaired) electrons. The van der Waals surface area contributed by atoms with Crippen molar-refractivity contribution in [2.45, 2.75) is 38.6 Å². The maximum Gasteiger partial charge on any atom is 0.0464 e. The highest BCUT2D eigenvalue weighted by atomic mass is 79.9. The molecule has 1 aliphatic rings. The maximum absolute atomic E-state index is 6.25. The van der Waals surface area contributed by atoms with Crippen LogP contribution in [0.3, 0.4) is 0 Å². The van der Waals surface area contributed by atoms with E-state index in [9.17, 15) is 0 Å². The van der Waals surface area contributed by atoms with Gasteiger partial charge < -0.3 is 5.32 Å². The van der Waals surface area contributed by atoms with Gasteiger partial charge in [-0.05, 0) is 49.9 Å². The lowest BCUT2D eigenvalue weighted by Crippen LogP contribution is -2.24. The molecule has 1 nitrogen and oxygen atoms in total. The van der Waals surface area contributed by atoms with Crippen LogP contribution in [0.1, 0.15) is 44.2 Å². The second-order valence-electron chi connectivity index (χ2n) is 4.95. The van der Waals surface area contributed by atoms with Gasteiger partial charge in [0.1, 0.15) is 0 Å². The van der Waals surface area contributed by atoms with E-state index in [2.05, 4.69) is 40.3 Å². The van der Waals surface area contributed by atoms with Crippen molar-refractivity contribution in [2.75, 3.05) is 6.54 Å². The third kappa shape index (κ3) is 3.70. The van der Waals surface area contributed by atoms with Gasteiger partial charge in [0.15, 0.2) is 0 Å². The minimum Gasteiger partial charge on any atom is -0.310 e. The Morgan fingerprint density at radius 3 is 2.76 bits per heavy atom. The predicted molar refractivity (Wildman–Crippen MR) is 77.5 cm³/mol. The molecule has 2 rings (SSSR count). The zero-order chi connectivity index (χ0) is 12.3. The van der Waals surface area contributed by atoms with Crippen LogP contribution in [0, 0.1) is 5.92 Å². The summed E-state index contributed by atoms with van der Waals surface area (Å²) in [5.41, 5.74) is 1.19. The van der Waals surface area contributed by atoms with E-state index in [4.69, 9.17) is 11.6 Å². The fourth-order valence-corrected chi connectivity index (χ4v) is 3.36. The second-order valence-corrected chi connectivity index (χ2v) is 6.27. The third-order valence-electron chi connectivity index (χ3n) is 3.62. The first-order valence-electron chi connectivity index (χ1n) is 6.35. The topological polar surface area (TPSA) is 12.0 Å². The van der Waals surface area contributed by atoms with Crippen LogP contribution in [0.25, 0.3) is 0 Å². The third-order valence-corrected chi connectivity index (χ3v) is 4.44. The highest BCUT2D eigenvalue weighted by Gasteiger charge is 2.16. The fraction of sp³-hybridized carbons (Fsp3) is 0.571. The number of benzene rings is 1. The number of nitrogens with one attached hydrogen (secondary N) is 1. The highest BCUT2D eigenvalue weighted by Crippen LogP contribution is 2.28. The molecule has 1 N–H and O–H groups in total. The van der Waals surface area contributed by atoms with Gasteiger partial charge in [-0.2, -0.15) is 0 Å². The monoisotopic (exact) mass is 315 g/mol. The molecule has 1 saturated carbocycles. The van der Waals surface area contributed by atoms with Crippen molar-refractivity contribution in [3.05, 3.63) is 33.3 Å². The lowest BCUT2D eigenvalue weighted by atomic mass is 10.1. The molecule has 0 aliphatic heterocycles. The number of rotatable bonds is 4. The summed E-state index contributed by atoms with van der Waals surface area (Å²) >= 11 is 9.68. The largest absolute Gasteiger partial charge is 0.310 e. The van der Waals surface area contributed by atoms with E-state index in [0.717, 1.165) is 22.0 Å². The quantitative estimate of drug-likeness (QED) is 0.829. The molecule has 0 heterocycles. The Morgan fingerprint density at radius 2 is 2.12 bits per heavy atom. The summed E-state index contributed by atoms with van der Waals surface area (Å²) in [5.74, 6) is 0.867. The molecule has 0 spiro atoms. The van der Waals surface area contributed by atoms with Crippen LogP contribution in [0.2, 0.25) is 5.02 Å². The number of hydrogen-bond donors (Lipinski definition) is 1. The molecule has 3 heteroatoms. The molecule has 17 heavy (non-hydrogen) atoms. The van der Waals surface area contributed by atoms with Gasteiger partial charge in [-0.25, -0.2) is 0 Å². The molecular weight excluding hydrogens is 298 g/mol. The Bertz CT molecular complexity index is 374. The van der Waals surface area contributed by atoms with Crippen molar-refractivity contribution in [3.63, 3.8) is 0 Å². The molecule has 1 aromatic rings. The van der Waals surface area contributed by atoms with Gasteiger partial charge >= 0.3 is 0 Å². The molecule has 1 fully saturated rings. The molecule has 0 amide bonds. The zero-order valence-electron chi connectivity index (χ0n) is 10.2. The van der Waals surface area contributed by atoms with Gasteiger partial charge in [0.25, 0.3) is 0 Å². The van der Waals surface area contributed by atoms with Gasteiger partial charge in [0, 0.05) is 15.5 Å². The SMILES string of the molecule is CC(NCC1CCCC1)c1ccc(Br)cc1Cl. The van der Waals surface area contributed by atoms with Crippen molar-refractivity contribution < 1.29 is 0 Å². The lowest BCUT2D eigenvalue weighted by Gasteiger charge is -2.18. The van der Waals surface area contributed by atoms with E-state index in [1.54, 1.807) is 0 Å². The standard InChI is InChI=1S/C14H19BrClN/c1-10(17-9-11-4-2-3-5-11)13-7-6-12(15)8-14(13)16/h6-8,10-11,17H,2-5,9H2,1H3. The zero-order valence-corrected chi connectivity index (χ0v) is 12.5. The molecule has 0 saturated heterocycles. The summed E-state index contributed by atoms with van der Waals surface area (Å²) in [6.45, 7) is 3.30. The Labute approximate surface area is 117 Å². The van der Waals surface area contributed by atoms with Crippen molar-refractivity contribution in [2.24, 2.45) is 5.92 Å². The Balaban J connectivity index is 1.91. The van der Waals surface area contributed by atoms with E-state index in [0.29, 0.717) is 6.04 Å². The van der Waals surface area contributed by atoms with Crippen LogP contribution in [0.15, 0.2) is 22.7 Å². The maximum atomic E-state index is 6.25. The first-order valence-corrected chi connectivity index (χ1v) is 7.52. The average molecular weight is 317 g/mol. The Hall–Kier alpha value is -0.0500. The van der Waals surface area contributed by atoms with Gasteiger partial charge in [-0.15, -0.1) is 0 Å². The van der Waals surface area contributed by atoms with Crippen molar-refractivity contribution in [1.82, 2.24) is 5.32 Å². The molecule has 1 aromatic carbocycles. The van der Waals surface area contributed by atoms with Gasteiger partial charge in [-0.3, -0.25) is 0 Å². The summed E-state index contributed by atoms with van der Waals surface area (Å²) in [4.78, 5) is 0. The Kier molecular flexibility index (Phi) is 4.89. The van der Waals surface area contributed by atoms with Crippen LogP contribution in [0.5, 0.6) is 0 Å². The highest BCUT2D eigenvalue weighted by molar-refractivity contribution is 9.10. The van der Waals surface area contributed by atoms with E-state index in [1.807, 2.05) is 6.07 Å². The first-order chi connectivity index (χ1) is 8.16. The summed E-state index contributed by atoms with van der Waals surface area (Å²) < 4.78 is 1.04. The van der Waals surface area contributed by atoms with E-state index < -0.39 is 0 Å². The average Bonchev–Trinajstić information content (AvgIpc) is 2.78. The predicted octanol–water partition coefficient (Wildman–Crippen LogP) is 4.94. The summed E-state index contributed by atoms with van der Waals surface area (Å²) in [6.07, 6.45) is 5.57. The van der Waals surface area contributed by atoms with E-state index in [1.165, 1.54) is 31.2 Å². The molecule has 1 aliphatic carbocycles. The second kappa shape index (κ2) is 6.21. The summed E-state index contributed by atoms with van der Waals surface area (Å²) in [6, 6.07) is 6.44. The van der Waals surface area contributed by atoms with E-state index >= 15 is 0 Å². The minimum absolute atomic E-state index is 0.330. The van der Waals surface area contributed by atoms with Crippen LogP contribution >= 0.6 is 27.5 Å². The molecule has 0 bridgehead atoms. The lowest BCUT2D eigenvalue weighted by molar-refractivity contribution is 0.452. The van der Waals surface area contributed by atoms with E-state index in [-0.39, 0.29) is 0 Å². The van der Waals surface area contributed by atoms with Crippen molar-refractivity contribution in [3.8, 4) is 0 Å². The molecular formula is C14H19BrClN. The normalized spacial score (nSPS) is 18.5. The summed E-state index contributed by atoms with van der Waals surface area (Å²) in [5, 5.41) is 4.44. The first kappa shape index (κ1) is 13.4. The van der Waals surface area contributed by atoms with Crippen molar-refractivity contribution >= 4 is 27.5 Å². The molecule has 94 valence electrons. The number of hydrogen-bond acceptors (Lipinski definition) is 1. The number of halogens is 2. The molecule has 1 unspecified atom stereocenters. The smallest absolute Gasteiger partial charge is 0.0464 e. The van der Waals surface area contributed by atoms with Crippen LogP contribution in [0.4, 0.5) is 0 Å².